The summed E-state index contributed by atoms with van der Waals surface area (Å²) in [6.07, 6.45) is 0. The van der Waals surface area contributed by atoms with Gasteiger partial charge < -0.3 is 0 Å². The molecule has 1 nitrogen and oxygen atoms in total. The highest BCUT2D eigenvalue weighted by Crippen LogP contribution is 2.40. The van der Waals surface area contributed by atoms with Crippen molar-refractivity contribution >= 4 is 34.1 Å². The molecule has 0 aliphatic heterocycles. The monoisotopic (exact) mass is 353 g/mol. The van der Waals surface area contributed by atoms with Gasteiger partial charge in [-0.25, -0.2) is 4.99 Å². The van der Waals surface area contributed by atoms with E-state index in [0.29, 0.717) is 5.17 Å². The number of rotatable bonds is 4. The van der Waals surface area contributed by atoms with Gasteiger partial charge in [-0.2, -0.15) is 0 Å². The summed E-state index contributed by atoms with van der Waals surface area (Å²) < 4.78 is 0. The molecule has 0 N–H and O–H groups in total. The molecule has 120 valence electrons. The number of aryl methyl sites for hydroxylation is 1. The minimum atomic E-state index is -1.02. The van der Waals surface area contributed by atoms with Crippen LogP contribution in [-0.4, -0.2) is 5.17 Å². The molecule has 0 aromatic heterocycles. The maximum atomic E-state index is 7.06. The Labute approximate surface area is 152 Å². The quantitative estimate of drug-likeness (QED) is 0.377. The number of alkyl halides is 1. The van der Waals surface area contributed by atoms with Gasteiger partial charge in [-0.1, -0.05) is 90.0 Å². The van der Waals surface area contributed by atoms with Crippen LogP contribution in [-0.2, 0) is 4.87 Å². The lowest BCUT2D eigenvalue weighted by Gasteiger charge is -2.27. The molecule has 0 saturated heterocycles. The van der Waals surface area contributed by atoms with E-state index in [-0.39, 0.29) is 0 Å². The molecule has 0 spiro atoms. The van der Waals surface area contributed by atoms with Crippen LogP contribution in [0.5, 0.6) is 0 Å². The SMILES string of the molecule is Cc1ccc(N=C(Cl)C(Cl)(c2ccccc2)c2ccccc2)cc1. The van der Waals surface area contributed by atoms with Crippen LogP contribution in [0, 0.1) is 6.92 Å². The van der Waals surface area contributed by atoms with Crippen LogP contribution in [0.25, 0.3) is 0 Å². The molecule has 0 unspecified atom stereocenters. The molecule has 0 amide bonds. The Morgan fingerprint density at radius 1 is 0.750 bits per heavy atom. The second kappa shape index (κ2) is 7.21. The van der Waals surface area contributed by atoms with E-state index in [1.165, 1.54) is 5.56 Å². The Bertz CT molecular complexity index is 785. The third kappa shape index (κ3) is 3.38. The Morgan fingerprint density at radius 2 is 1.21 bits per heavy atom. The number of benzene rings is 3. The van der Waals surface area contributed by atoms with Gasteiger partial charge in [0, 0.05) is 0 Å². The number of hydrogen-bond donors (Lipinski definition) is 0. The molecular weight excluding hydrogens is 337 g/mol. The maximum absolute atomic E-state index is 7.06. The van der Waals surface area contributed by atoms with Crippen LogP contribution in [0.15, 0.2) is 89.9 Å². The third-order valence-electron chi connectivity index (χ3n) is 3.89. The number of hydrogen-bond acceptors (Lipinski definition) is 1. The van der Waals surface area contributed by atoms with Gasteiger partial charge in [-0.15, -0.1) is 11.6 Å². The average Bonchev–Trinajstić information content (AvgIpc) is 2.64. The summed E-state index contributed by atoms with van der Waals surface area (Å²) in [6, 6.07) is 27.4. The van der Waals surface area contributed by atoms with E-state index in [1.54, 1.807) is 0 Å². The molecule has 0 bridgehead atoms. The van der Waals surface area contributed by atoms with Crippen LogP contribution in [0.3, 0.4) is 0 Å². The van der Waals surface area contributed by atoms with E-state index in [4.69, 9.17) is 23.2 Å². The summed E-state index contributed by atoms with van der Waals surface area (Å²) in [5.74, 6) is 0. The molecular formula is C21H17Cl2N. The fourth-order valence-corrected chi connectivity index (χ4v) is 3.16. The largest absolute Gasteiger partial charge is 0.239 e. The summed E-state index contributed by atoms with van der Waals surface area (Å²) in [4.78, 5) is 3.56. The summed E-state index contributed by atoms with van der Waals surface area (Å²) in [5, 5.41) is 0.324. The Hall–Kier alpha value is -2.09. The molecule has 3 heteroatoms. The van der Waals surface area contributed by atoms with Gasteiger partial charge in [0.05, 0.1) is 5.69 Å². The maximum Gasteiger partial charge on any atom is 0.147 e. The highest BCUT2D eigenvalue weighted by molar-refractivity contribution is 6.73. The van der Waals surface area contributed by atoms with Crippen molar-refractivity contribution in [2.75, 3.05) is 0 Å². The first kappa shape index (κ1) is 16.8. The highest BCUT2D eigenvalue weighted by atomic mass is 35.5. The van der Waals surface area contributed by atoms with E-state index in [2.05, 4.69) is 4.99 Å². The van der Waals surface area contributed by atoms with Crippen molar-refractivity contribution in [2.45, 2.75) is 11.8 Å². The van der Waals surface area contributed by atoms with E-state index in [1.807, 2.05) is 91.9 Å². The molecule has 0 radical (unpaired) electrons. The van der Waals surface area contributed by atoms with Gasteiger partial charge in [-0.05, 0) is 30.2 Å². The first-order valence-electron chi connectivity index (χ1n) is 7.72. The van der Waals surface area contributed by atoms with Crippen molar-refractivity contribution in [1.29, 1.82) is 0 Å². The van der Waals surface area contributed by atoms with Crippen molar-refractivity contribution in [3.05, 3.63) is 102 Å². The number of halogens is 2. The van der Waals surface area contributed by atoms with Crippen molar-refractivity contribution in [1.82, 2.24) is 0 Å². The predicted molar refractivity (Wildman–Crippen MR) is 104 cm³/mol. The fraction of sp³-hybridized carbons (Fsp3) is 0.0952. The molecule has 3 aromatic rings. The molecule has 0 heterocycles. The Kier molecular flexibility index (Phi) is 5.03. The van der Waals surface area contributed by atoms with Crippen LogP contribution in [0.4, 0.5) is 5.69 Å². The van der Waals surface area contributed by atoms with Crippen LogP contribution in [0.2, 0.25) is 0 Å². The molecule has 3 aromatic carbocycles. The van der Waals surface area contributed by atoms with Crippen molar-refractivity contribution in [3.8, 4) is 0 Å². The Morgan fingerprint density at radius 3 is 1.67 bits per heavy atom. The van der Waals surface area contributed by atoms with E-state index < -0.39 is 4.87 Å². The molecule has 3 rings (SSSR count). The molecule has 0 fully saturated rings. The van der Waals surface area contributed by atoms with Crippen LogP contribution in [0.1, 0.15) is 16.7 Å². The molecule has 24 heavy (non-hydrogen) atoms. The van der Waals surface area contributed by atoms with Gasteiger partial charge in [0.1, 0.15) is 10.0 Å². The lowest BCUT2D eigenvalue weighted by molar-refractivity contribution is 0.990. The second-order valence-electron chi connectivity index (χ2n) is 5.63. The summed E-state index contributed by atoms with van der Waals surface area (Å²) >= 11 is 13.7. The average molecular weight is 354 g/mol. The van der Waals surface area contributed by atoms with Crippen LogP contribution < -0.4 is 0 Å². The Balaban J connectivity index is 2.13. The number of nitrogens with zero attached hydrogens (tertiary/aromatic N) is 1. The van der Waals surface area contributed by atoms with Crippen molar-refractivity contribution in [3.63, 3.8) is 0 Å². The molecule has 0 aliphatic carbocycles. The normalized spacial score (nSPS) is 12.2. The minimum Gasteiger partial charge on any atom is -0.239 e. The van der Waals surface area contributed by atoms with Crippen molar-refractivity contribution < 1.29 is 0 Å². The molecule has 0 aliphatic rings. The third-order valence-corrected chi connectivity index (χ3v) is 4.97. The van der Waals surface area contributed by atoms with Crippen LogP contribution >= 0.6 is 23.2 Å². The van der Waals surface area contributed by atoms with E-state index in [0.717, 1.165) is 16.8 Å². The van der Waals surface area contributed by atoms with E-state index >= 15 is 0 Å². The predicted octanol–water partition coefficient (Wildman–Crippen LogP) is 6.45. The molecule has 0 atom stereocenters. The second-order valence-corrected chi connectivity index (χ2v) is 6.55. The summed E-state index contributed by atoms with van der Waals surface area (Å²) in [7, 11) is 0. The van der Waals surface area contributed by atoms with Gasteiger partial charge in [0.15, 0.2) is 0 Å². The van der Waals surface area contributed by atoms with Crippen molar-refractivity contribution in [2.24, 2.45) is 4.99 Å². The standard InChI is InChI=1S/C21H17Cl2N/c1-16-12-14-19(15-13-16)24-20(22)21(23,17-8-4-2-5-9-17)18-10-6-3-7-11-18/h2-15H,1H3. The van der Waals surface area contributed by atoms with Gasteiger partial charge in [0.2, 0.25) is 0 Å². The topological polar surface area (TPSA) is 12.4 Å². The lowest BCUT2D eigenvalue weighted by atomic mass is 9.91. The zero-order valence-corrected chi connectivity index (χ0v) is 14.8. The zero-order chi connectivity index (χ0) is 17.0. The smallest absolute Gasteiger partial charge is 0.147 e. The van der Waals surface area contributed by atoms with E-state index in [9.17, 15) is 0 Å². The fourth-order valence-electron chi connectivity index (χ4n) is 2.55. The summed E-state index contributed by atoms with van der Waals surface area (Å²) in [6.45, 7) is 2.04. The molecule has 0 saturated carbocycles. The number of aliphatic imine (C=N–C) groups is 1. The summed E-state index contributed by atoms with van der Waals surface area (Å²) in [5.41, 5.74) is 3.73. The first-order chi connectivity index (χ1) is 11.6. The minimum absolute atomic E-state index is 0.324. The van der Waals surface area contributed by atoms with Gasteiger partial charge in [0.25, 0.3) is 0 Å². The zero-order valence-electron chi connectivity index (χ0n) is 13.3. The highest BCUT2D eigenvalue weighted by Gasteiger charge is 2.37. The first-order valence-corrected chi connectivity index (χ1v) is 8.47. The van der Waals surface area contributed by atoms with Gasteiger partial charge >= 0.3 is 0 Å². The lowest BCUT2D eigenvalue weighted by Crippen LogP contribution is -2.27. The van der Waals surface area contributed by atoms with Gasteiger partial charge in [-0.3, -0.25) is 0 Å².